The van der Waals surface area contributed by atoms with Crippen LogP contribution in [0.4, 0.5) is 4.39 Å². The largest absolute Gasteiger partial charge is 0.351 e. The van der Waals surface area contributed by atoms with E-state index >= 15 is 0 Å². The van der Waals surface area contributed by atoms with E-state index in [2.05, 4.69) is 26.0 Å². The normalized spacial score (nSPS) is 14.1. The van der Waals surface area contributed by atoms with Gasteiger partial charge in [-0.3, -0.25) is 4.79 Å². The third-order valence-corrected chi connectivity index (χ3v) is 7.36. The van der Waals surface area contributed by atoms with Gasteiger partial charge >= 0.3 is 0 Å². The highest BCUT2D eigenvalue weighted by atomic mass is 79.9. The first-order chi connectivity index (χ1) is 13.4. The standard InChI is InChI=1S/C19H20BrFN2O3S2/c20-17-8-7-15(28(25,26)23-14-5-6-14)11-16(17)19(24)22-9-10-27-12-13-3-1-2-4-18(13)21/h1-4,7-8,11,14,23H,5-6,9-10,12H2,(H,22,24). The highest BCUT2D eigenvalue weighted by Crippen LogP contribution is 2.25. The number of halogens is 2. The van der Waals surface area contributed by atoms with Crippen molar-refractivity contribution in [3.05, 3.63) is 63.9 Å². The van der Waals surface area contributed by atoms with E-state index in [-0.39, 0.29) is 28.2 Å². The Morgan fingerprint density at radius 2 is 1.96 bits per heavy atom. The Balaban J connectivity index is 1.53. The van der Waals surface area contributed by atoms with Crippen LogP contribution in [0.1, 0.15) is 28.8 Å². The summed E-state index contributed by atoms with van der Waals surface area (Å²) in [5.41, 5.74) is 0.889. The number of benzene rings is 2. The Kier molecular flexibility index (Phi) is 7.14. The highest BCUT2D eigenvalue weighted by Gasteiger charge is 2.28. The maximum atomic E-state index is 13.6. The van der Waals surface area contributed by atoms with Crippen molar-refractivity contribution in [1.82, 2.24) is 10.0 Å². The molecule has 28 heavy (non-hydrogen) atoms. The first-order valence-electron chi connectivity index (χ1n) is 8.78. The molecule has 3 rings (SSSR count). The van der Waals surface area contributed by atoms with Gasteiger partial charge in [0.1, 0.15) is 5.82 Å². The lowest BCUT2D eigenvalue weighted by molar-refractivity contribution is 0.0955. The number of carbonyl (C=O) groups is 1. The van der Waals surface area contributed by atoms with Gasteiger partial charge in [0.25, 0.3) is 5.91 Å². The van der Waals surface area contributed by atoms with E-state index in [1.807, 2.05) is 0 Å². The van der Waals surface area contributed by atoms with Gasteiger partial charge in [0.15, 0.2) is 0 Å². The number of sulfonamides is 1. The highest BCUT2D eigenvalue weighted by molar-refractivity contribution is 9.10. The van der Waals surface area contributed by atoms with Crippen LogP contribution in [0.15, 0.2) is 51.8 Å². The van der Waals surface area contributed by atoms with E-state index in [0.717, 1.165) is 12.8 Å². The van der Waals surface area contributed by atoms with Crippen LogP contribution < -0.4 is 10.0 Å². The van der Waals surface area contributed by atoms with Gasteiger partial charge < -0.3 is 5.32 Å². The molecule has 0 heterocycles. The van der Waals surface area contributed by atoms with Crippen molar-refractivity contribution in [2.75, 3.05) is 12.3 Å². The molecule has 0 atom stereocenters. The van der Waals surface area contributed by atoms with Crippen molar-refractivity contribution < 1.29 is 17.6 Å². The molecule has 1 aliphatic carbocycles. The van der Waals surface area contributed by atoms with Crippen LogP contribution in [0.3, 0.4) is 0 Å². The molecule has 1 fully saturated rings. The van der Waals surface area contributed by atoms with E-state index in [4.69, 9.17) is 0 Å². The molecule has 9 heteroatoms. The third kappa shape index (κ3) is 5.79. The molecule has 0 unspecified atom stereocenters. The molecule has 2 aromatic rings. The van der Waals surface area contributed by atoms with Gasteiger partial charge in [-0.15, -0.1) is 0 Å². The fourth-order valence-electron chi connectivity index (χ4n) is 2.46. The molecule has 0 bridgehead atoms. The summed E-state index contributed by atoms with van der Waals surface area (Å²) in [6, 6.07) is 11.0. The molecule has 5 nitrogen and oxygen atoms in total. The second-order valence-electron chi connectivity index (χ2n) is 6.44. The zero-order chi connectivity index (χ0) is 20.1. The van der Waals surface area contributed by atoms with Crippen molar-refractivity contribution in [2.24, 2.45) is 0 Å². The predicted octanol–water partition coefficient (Wildman–Crippen LogP) is 3.69. The Morgan fingerprint density at radius 1 is 1.21 bits per heavy atom. The molecule has 2 N–H and O–H groups in total. The summed E-state index contributed by atoms with van der Waals surface area (Å²) in [6.07, 6.45) is 1.68. The zero-order valence-electron chi connectivity index (χ0n) is 15.0. The summed E-state index contributed by atoms with van der Waals surface area (Å²) in [6.45, 7) is 0.391. The molecule has 0 radical (unpaired) electrons. The fraction of sp³-hybridized carbons (Fsp3) is 0.316. The van der Waals surface area contributed by atoms with Gasteiger partial charge in [0.05, 0.1) is 10.5 Å². The maximum Gasteiger partial charge on any atom is 0.252 e. The van der Waals surface area contributed by atoms with Crippen LogP contribution >= 0.6 is 27.7 Å². The van der Waals surface area contributed by atoms with Crippen LogP contribution in [-0.2, 0) is 15.8 Å². The smallest absolute Gasteiger partial charge is 0.252 e. The number of carbonyl (C=O) groups excluding carboxylic acids is 1. The average Bonchev–Trinajstić information content (AvgIpc) is 3.46. The molecule has 1 aliphatic rings. The van der Waals surface area contributed by atoms with Crippen LogP contribution in [0.2, 0.25) is 0 Å². The van der Waals surface area contributed by atoms with E-state index < -0.39 is 10.0 Å². The summed E-state index contributed by atoms with van der Waals surface area (Å²) >= 11 is 4.81. The van der Waals surface area contributed by atoms with Crippen LogP contribution in [0.5, 0.6) is 0 Å². The number of amides is 1. The summed E-state index contributed by atoms with van der Waals surface area (Å²) in [5, 5.41) is 2.77. The molecule has 0 aliphatic heterocycles. The van der Waals surface area contributed by atoms with Crippen molar-refractivity contribution in [3.8, 4) is 0 Å². The van der Waals surface area contributed by atoms with E-state index in [9.17, 15) is 17.6 Å². The molecular weight excluding hydrogens is 467 g/mol. The van der Waals surface area contributed by atoms with E-state index in [0.29, 0.717) is 28.1 Å². The average molecular weight is 487 g/mol. The first-order valence-corrected chi connectivity index (χ1v) is 12.2. The maximum absolute atomic E-state index is 13.6. The molecule has 0 spiro atoms. The topological polar surface area (TPSA) is 75.3 Å². The second-order valence-corrected chi connectivity index (χ2v) is 10.1. The van der Waals surface area contributed by atoms with Crippen molar-refractivity contribution in [1.29, 1.82) is 0 Å². The lowest BCUT2D eigenvalue weighted by atomic mass is 10.2. The minimum absolute atomic E-state index is 0.00241. The monoisotopic (exact) mass is 486 g/mol. The van der Waals surface area contributed by atoms with E-state index in [1.54, 1.807) is 24.3 Å². The summed E-state index contributed by atoms with van der Waals surface area (Å²) in [7, 11) is -3.62. The molecule has 1 amide bonds. The number of rotatable bonds is 9. The first kappa shape index (κ1) is 21.3. The number of thioether (sulfide) groups is 1. The fourth-order valence-corrected chi connectivity index (χ4v) is 5.07. The summed E-state index contributed by atoms with van der Waals surface area (Å²) in [4.78, 5) is 12.5. The lowest BCUT2D eigenvalue weighted by Gasteiger charge is -2.10. The number of hydrogen-bond donors (Lipinski definition) is 2. The quantitative estimate of drug-likeness (QED) is 0.530. The van der Waals surface area contributed by atoms with Crippen LogP contribution in [-0.4, -0.2) is 32.7 Å². The van der Waals surface area contributed by atoms with Crippen molar-refractivity contribution >= 4 is 43.6 Å². The predicted molar refractivity (Wildman–Crippen MR) is 112 cm³/mol. The minimum Gasteiger partial charge on any atom is -0.351 e. The van der Waals surface area contributed by atoms with Gasteiger partial charge in [-0.05, 0) is 58.6 Å². The summed E-state index contributed by atoms with van der Waals surface area (Å²) in [5.74, 6) is 0.536. The molecule has 0 aromatic heterocycles. The van der Waals surface area contributed by atoms with Crippen molar-refractivity contribution in [2.45, 2.75) is 29.5 Å². The number of hydrogen-bond acceptors (Lipinski definition) is 4. The Hall–Kier alpha value is -1.42. The van der Waals surface area contributed by atoms with Gasteiger partial charge in [0, 0.05) is 28.6 Å². The molecule has 150 valence electrons. The lowest BCUT2D eigenvalue weighted by Crippen LogP contribution is -2.28. The van der Waals surface area contributed by atoms with Crippen LogP contribution in [0, 0.1) is 5.82 Å². The second kappa shape index (κ2) is 9.39. The molecular formula is C19H20BrFN2O3S2. The van der Waals surface area contributed by atoms with E-state index in [1.165, 1.54) is 30.0 Å². The summed E-state index contributed by atoms with van der Waals surface area (Å²) < 4.78 is 41.4. The Labute approximate surface area is 176 Å². The third-order valence-electron chi connectivity index (χ3n) is 4.14. The Morgan fingerprint density at radius 3 is 2.68 bits per heavy atom. The van der Waals surface area contributed by atoms with Gasteiger partial charge in [-0.2, -0.15) is 11.8 Å². The molecule has 2 aromatic carbocycles. The van der Waals surface area contributed by atoms with Gasteiger partial charge in [0.2, 0.25) is 10.0 Å². The number of nitrogens with one attached hydrogen (secondary N) is 2. The Bertz CT molecular complexity index is 965. The van der Waals surface area contributed by atoms with Crippen molar-refractivity contribution in [3.63, 3.8) is 0 Å². The van der Waals surface area contributed by atoms with Crippen LogP contribution in [0.25, 0.3) is 0 Å². The zero-order valence-corrected chi connectivity index (χ0v) is 18.2. The van der Waals surface area contributed by atoms with Gasteiger partial charge in [-0.25, -0.2) is 17.5 Å². The minimum atomic E-state index is -3.62. The molecule has 0 saturated heterocycles. The van der Waals surface area contributed by atoms with Gasteiger partial charge in [-0.1, -0.05) is 18.2 Å². The SMILES string of the molecule is O=C(NCCSCc1ccccc1F)c1cc(S(=O)(=O)NC2CC2)ccc1Br. The molecule has 1 saturated carbocycles.